The zero-order chi connectivity index (χ0) is 12.3. The Morgan fingerprint density at radius 3 is 2.83 bits per heavy atom. The molecule has 0 aliphatic heterocycles. The van der Waals surface area contributed by atoms with Gasteiger partial charge in [-0.1, -0.05) is 17.7 Å². The molecule has 0 aliphatic rings. The number of rotatable bonds is 0. The lowest BCUT2D eigenvalue weighted by molar-refractivity contribution is 0.604. The van der Waals surface area contributed by atoms with Crippen molar-refractivity contribution < 1.29 is 4.42 Å². The molecule has 4 aromatic rings. The maximum atomic E-state index is 6.02. The fourth-order valence-electron chi connectivity index (χ4n) is 2.20. The third-order valence-electron chi connectivity index (χ3n) is 2.93. The van der Waals surface area contributed by atoms with Crippen molar-refractivity contribution in [1.29, 1.82) is 0 Å². The molecule has 0 spiro atoms. The van der Waals surface area contributed by atoms with Gasteiger partial charge >= 0.3 is 0 Å². The van der Waals surface area contributed by atoms with E-state index in [0.717, 1.165) is 30.7 Å². The quantitative estimate of drug-likeness (QED) is 0.428. The van der Waals surface area contributed by atoms with Crippen molar-refractivity contribution >= 4 is 65.8 Å². The lowest BCUT2D eigenvalue weighted by atomic mass is 10.1. The summed E-state index contributed by atoms with van der Waals surface area (Å²) in [4.78, 5) is 4.26. The van der Waals surface area contributed by atoms with Crippen LogP contribution in [-0.4, -0.2) is 4.98 Å². The summed E-state index contributed by atoms with van der Waals surface area (Å²) < 4.78 is 7.65. The summed E-state index contributed by atoms with van der Waals surface area (Å²) in [5.41, 5.74) is 1.52. The molecule has 2 aromatic carbocycles. The number of nitrogens with zero attached hydrogens (tertiary/aromatic N) is 1. The number of benzene rings is 2. The topological polar surface area (TPSA) is 26.0 Å². The van der Waals surface area contributed by atoms with Gasteiger partial charge in [0.1, 0.15) is 5.52 Å². The van der Waals surface area contributed by atoms with Gasteiger partial charge in [0.15, 0.2) is 5.58 Å². The van der Waals surface area contributed by atoms with Gasteiger partial charge in [0.2, 0.25) is 0 Å². The summed E-state index contributed by atoms with van der Waals surface area (Å²) in [6.45, 7) is 0. The van der Waals surface area contributed by atoms with Crippen molar-refractivity contribution in [1.82, 2.24) is 4.98 Å². The van der Waals surface area contributed by atoms with Crippen molar-refractivity contribution in [2.45, 2.75) is 0 Å². The Labute approximate surface area is 116 Å². The highest BCUT2D eigenvalue weighted by Gasteiger charge is 2.13. The van der Waals surface area contributed by atoms with E-state index >= 15 is 0 Å². The average molecular weight is 294 g/mol. The Balaban J connectivity index is 2.31. The van der Waals surface area contributed by atoms with E-state index in [9.17, 15) is 0 Å². The summed E-state index contributed by atoms with van der Waals surface area (Å²) in [6.07, 6.45) is 0. The maximum Gasteiger partial charge on any atom is 0.293 e. The predicted octanol–water partition coefficient (Wildman–Crippen LogP) is 5.50. The first-order valence-corrected chi connectivity index (χ1v) is 6.86. The van der Waals surface area contributed by atoms with Gasteiger partial charge in [0, 0.05) is 25.2 Å². The zero-order valence-electron chi connectivity index (χ0n) is 8.91. The highest BCUT2D eigenvalue weighted by molar-refractivity contribution is 7.26. The van der Waals surface area contributed by atoms with E-state index in [-0.39, 0.29) is 5.35 Å². The van der Waals surface area contributed by atoms with E-state index in [1.54, 1.807) is 11.3 Å². The zero-order valence-corrected chi connectivity index (χ0v) is 11.2. The number of hydrogen-bond acceptors (Lipinski definition) is 3. The van der Waals surface area contributed by atoms with Crippen molar-refractivity contribution in [3.63, 3.8) is 0 Å². The molecule has 2 aromatic heterocycles. The standard InChI is InChI=1S/C13H5Cl2NOS/c14-6-1-2-7-10(5-6)18-9-4-3-8-12(11(7)9)16-13(15)17-8/h1-5H. The molecule has 0 bridgehead atoms. The second-order valence-electron chi connectivity index (χ2n) is 3.99. The van der Waals surface area contributed by atoms with E-state index < -0.39 is 0 Å². The second-order valence-corrected chi connectivity index (χ2v) is 5.84. The summed E-state index contributed by atoms with van der Waals surface area (Å²) in [5, 5.41) is 3.13. The lowest BCUT2D eigenvalue weighted by Gasteiger charge is -1.92. The molecule has 18 heavy (non-hydrogen) atoms. The van der Waals surface area contributed by atoms with Crippen LogP contribution in [0.5, 0.6) is 0 Å². The van der Waals surface area contributed by atoms with E-state index in [0.29, 0.717) is 5.58 Å². The number of hydrogen-bond donors (Lipinski definition) is 0. The first-order chi connectivity index (χ1) is 8.72. The van der Waals surface area contributed by atoms with Crippen molar-refractivity contribution in [2.24, 2.45) is 0 Å². The molecule has 2 nitrogen and oxygen atoms in total. The van der Waals surface area contributed by atoms with E-state index in [1.807, 2.05) is 30.3 Å². The maximum absolute atomic E-state index is 6.02. The molecule has 4 rings (SSSR count). The fourth-order valence-corrected chi connectivity index (χ4v) is 3.75. The van der Waals surface area contributed by atoms with Crippen molar-refractivity contribution in [2.75, 3.05) is 0 Å². The van der Waals surface area contributed by atoms with Crippen molar-refractivity contribution in [3.8, 4) is 0 Å². The molecule has 88 valence electrons. The first kappa shape index (κ1) is 10.6. The summed E-state index contributed by atoms with van der Waals surface area (Å²) in [6, 6.07) is 9.79. The second kappa shape index (κ2) is 3.60. The van der Waals surface area contributed by atoms with E-state index in [1.165, 1.54) is 0 Å². The van der Waals surface area contributed by atoms with Gasteiger partial charge in [0.05, 0.1) is 0 Å². The molecule has 0 amide bonds. The molecule has 0 unspecified atom stereocenters. The van der Waals surface area contributed by atoms with Gasteiger partial charge < -0.3 is 4.42 Å². The Morgan fingerprint density at radius 2 is 1.94 bits per heavy atom. The fraction of sp³-hybridized carbons (Fsp3) is 0. The molecule has 5 heteroatoms. The van der Waals surface area contributed by atoms with Crippen LogP contribution >= 0.6 is 34.5 Å². The molecule has 0 saturated carbocycles. The van der Waals surface area contributed by atoms with Crippen LogP contribution in [-0.2, 0) is 0 Å². The largest absolute Gasteiger partial charge is 0.428 e. The van der Waals surface area contributed by atoms with E-state index in [2.05, 4.69) is 4.98 Å². The van der Waals surface area contributed by atoms with Crippen molar-refractivity contribution in [3.05, 3.63) is 40.7 Å². The normalized spacial score (nSPS) is 11.9. The molecule has 0 N–H and O–H groups in total. The van der Waals surface area contributed by atoms with Crippen LogP contribution in [0.25, 0.3) is 31.3 Å². The Bertz CT molecular complexity index is 909. The lowest BCUT2D eigenvalue weighted by Crippen LogP contribution is -1.71. The van der Waals surface area contributed by atoms with Gasteiger partial charge in [-0.15, -0.1) is 11.3 Å². The van der Waals surface area contributed by atoms with Gasteiger partial charge in [0.25, 0.3) is 5.35 Å². The smallest absolute Gasteiger partial charge is 0.293 e. The van der Waals surface area contributed by atoms with Crippen LogP contribution < -0.4 is 0 Å². The SMILES string of the molecule is Clc1ccc2c(c1)sc1ccc3oc(Cl)nc3c12. The van der Waals surface area contributed by atoms with Crippen LogP contribution in [0.15, 0.2) is 34.7 Å². The highest BCUT2D eigenvalue weighted by Crippen LogP contribution is 2.39. The Kier molecular flexibility index (Phi) is 2.13. The molecule has 2 heterocycles. The van der Waals surface area contributed by atoms with Gasteiger partial charge in [-0.25, -0.2) is 0 Å². The number of aromatic nitrogens is 1. The molecular formula is C13H5Cl2NOS. The Hall–Kier alpha value is -1.29. The Morgan fingerprint density at radius 1 is 1.06 bits per heavy atom. The minimum Gasteiger partial charge on any atom is -0.428 e. The molecule has 0 radical (unpaired) electrons. The average Bonchev–Trinajstić information content (AvgIpc) is 2.86. The van der Waals surface area contributed by atoms with Crippen LogP contribution in [0.3, 0.4) is 0 Å². The monoisotopic (exact) mass is 293 g/mol. The third-order valence-corrected chi connectivity index (χ3v) is 4.44. The number of fused-ring (bicyclic) bond motifs is 5. The summed E-state index contributed by atoms with van der Waals surface area (Å²) in [5.74, 6) is 0. The molecule has 0 atom stereocenters. The van der Waals surface area contributed by atoms with Crippen LogP contribution in [0.1, 0.15) is 0 Å². The van der Waals surface area contributed by atoms with E-state index in [4.69, 9.17) is 27.6 Å². The van der Waals surface area contributed by atoms with Crippen LogP contribution in [0.4, 0.5) is 0 Å². The van der Waals surface area contributed by atoms with Gasteiger partial charge in [-0.2, -0.15) is 4.98 Å². The number of oxazole rings is 1. The van der Waals surface area contributed by atoms with Crippen LogP contribution in [0.2, 0.25) is 10.4 Å². The summed E-state index contributed by atoms with van der Waals surface area (Å²) >= 11 is 13.5. The number of halogens is 2. The molecular weight excluding hydrogens is 289 g/mol. The summed E-state index contributed by atoms with van der Waals surface area (Å²) in [7, 11) is 0. The molecule has 0 aliphatic carbocycles. The highest BCUT2D eigenvalue weighted by atomic mass is 35.5. The minimum atomic E-state index is 0.172. The third kappa shape index (κ3) is 1.38. The molecule has 0 saturated heterocycles. The molecule has 0 fully saturated rings. The van der Waals surface area contributed by atoms with Gasteiger partial charge in [-0.3, -0.25) is 0 Å². The van der Waals surface area contributed by atoms with Crippen LogP contribution in [0, 0.1) is 0 Å². The minimum absolute atomic E-state index is 0.172. The predicted molar refractivity (Wildman–Crippen MR) is 76.9 cm³/mol. The first-order valence-electron chi connectivity index (χ1n) is 5.29. The number of thiophene rings is 1. The van der Waals surface area contributed by atoms with Gasteiger partial charge in [-0.05, 0) is 35.9 Å².